The Morgan fingerprint density at radius 1 is 0.903 bits per heavy atom. The third kappa shape index (κ3) is 5.32. The molecular formula is C23H28N4O3S. The molecule has 0 radical (unpaired) electrons. The van der Waals surface area contributed by atoms with Crippen LogP contribution in [0.1, 0.15) is 18.4 Å². The number of hydrogen-bond acceptors (Lipinski definition) is 5. The predicted molar refractivity (Wildman–Crippen MR) is 122 cm³/mol. The second kappa shape index (κ2) is 9.62. The summed E-state index contributed by atoms with van der Waals surface area (Å²) >= 11 is 0. The first kappa shape index (κ1) is 21.5. The summed E-state index contributed by atoms with van der Waals surface area (Å²) in [5, 5.41) is 1.27. The average molecular weight is 441 g/mol. The molecule has 1 aromatic carbocycles. The Morgan fingerprint density at radius 3 is 2.19 bits per heavy atom. The molecule has 4 rings (SSSR count). The highest BCUT2D eigenvalue weighted by Crippen LogP contribution is 2.24. The molecule has 31 heavy (non-hydrogen) atoms. The summed E-state index contributed by atoms with van der Waals surface area (Å²) in [6.45, 7) is 3.75. The quantitative estimate of drug-likeness (QED) is 0.714. The van der Waals surface area contributed by atoms with E-state index in [4.69, 9.17) is 0 Å². The van der Waals surface area contributed by atoms with E-state index in [-0.39, 0.29) is 11.8 Å². The molecule has 0 N–H and O–H groups in total. The minimum atomic E-state index is -3.48. The van der Waals surface area contributed by atoms with E-state index in [0.29, 0.717) is 39.0 Å². The van der Waals surface area contributed by atoms with Crippen molar-refractivity contribution in [2.45, 2.75) is 12.8 Å². The summed E-state index contributed by atoms with van der Waals surface area (Å²) in [4.78, 5) is 21.2. The van der Waals surface area contributed by atoms with Crippen molar-refractivity contribution in [3.8, 4) is 0 Å². The van der Waals surface area contributed by atoms with E-state index in [9.17, 15) is 13.2 Å². The van der Waals surface area contributed by atoms with E-state index in [1.165, 1.54) is 9.71 Å². The lowest BCUT2D eigenvalue weighted by atomic mass is 9.96. The number of piperidine rings is 1. The van der Waals surface area contributed by atoms with Crippen LogP contribution in [0.3, 0.4) is 0 Å². The van der Waals surface area contributed by atoms with Gasteiger partial charge in [0.05, 0.1) is 0 Å². The van der Waals surface area contributed by atoms with Crippen molar-refractivity contribution in [3.05, 3.63) is 65.8 Å². The highest BCUT2D eigenvalue weighted by molar-refractivity contribution is 7.92. The van der Waals surface area contributed by atoms with Gasteiger partial charge in [-0.3, -0.25) is 9.78 Å². The number of hydrogen-bond donors (Lipinski definition) is 0. The van der Waals surface area contributed by atoms with Crippen molar-refractivity contribution in [2.75, 3.05) is 44.2 Å². The number of anilines is 1. The molecule has 2 saturated heterocycles. The summed E-state index contributed by atoms with van der Waals surface area (Å²) in [5.74, 6) is 0.0586. The largest absolute Gasteiger partial charge is 0.368 e. The van der Waals surface area contributed by atoms with E-state index < -0.39 is 10.0 Å². The fourth-order valence-corrected chi connectivity index (χ4v) is 5.39. The fraction of sp³-hybridized carbons (Fsp3) is 0.391. The molecule has 0 aliphatic carbocycles. The normalized spacial score (nSPS) is 19.1. The molecule has 8 heteroatoms. The van der Waals surface area contributed by atoms with Gasteiger partial charge in [0.2, 0.25) is 15.9 Å². The molecular weight excluding hydrogens is 412 g/mol. The summed E-state index contributed by atoms with van der Waals surface area (Å²) < 4.78 is 26.8. The third-order valence-corrected chi connectivity index (χ3v) is 7.58. The molecule has 2 aromatic rings. The van der Waals surface area contributed by atoms with Gasteiger partial charge >= 0.3 is 0 Å². The van der Waals surface area contributed by atoms with Crippen LogP contribution in [-0.4, -0.2) is 67.8 Å². The Hall–Kier alpha value is -2.71. The van der Waals surface area contributed by atoms with Gasteiger partial charge in [-0.1, -0.05) is 30.3 Å². The molecule has 0 spiro atoms. The number of benzene rings is 1. The topological polar surface area (TPSA) is 73.8 Å². The van der Waals surface area contributed by atoms with Crippen LogP contribution in [0.5, 0.6) is 0 Å². The monoisotopic (exact) mass is 440 g/mol. The number of rotatable bonds is 5. The van der Waals surface area contributed by atoms with Crippen LogP contribution in [-0.2, 0) is 14.8 Å². The van der Waals surface area contributed by atoms with Gasteiger partial charge in [-0.2, -0.15) is 4.31 Å². The standard InChI is InChI=1S/C23H28N4O3S/c28-23(26-17-15-25(16-18-26)22-6-11-24-12-7-22)21-8-13-27(14-9-21)31(29,30)19-10-20-4-2-1-3-5-20/h1-7,10-12,19,21H,8-9,13-18H2/b19-10+. The number of sulfonamides is 1. The molecule has 2 aliphatic rings. The Kier molecular flexibility index (Phi) is 6.67. The molecule has 0 saturated carbocycles. The van der Waals surface area contributed by atoms with Crippen molar-refractivity contribution >= 4 is 27.7 Å². The SMILES string of the molecule is O=C(C1CCN(S(=O)(=O)/C=C/c2ccccc2)CC1)N1CCN(c2ccncc2)CC1. The van der Waals surface area contributed by atoms with Gasteiger partial charge in [-0.25, -0.2) is 8.42 Å². The summed E-state index contributed by atoms with van der Waals surface area (Å²) in [7, 11) is -3.48. The number of amides is 1. The zero-order valence-corrected chi connectivity index (χ0v) is 18.3. The summed E-state index contributed by atoms with van der Waals surface area (Å²) in [6, 6.07) is 13.4. The first-order valence-electron chi connectivity index (χ1n) is 10.7. The third-order valence-electron chi connectivity index (χ3n) is 6.01. The van der Waals surface area contributed by atoms with Gasteiger partial charge in [0.1, 0.15) is 0 Å². The minimum Gasteiger partial charge on any atom is -0.368 e. The second-order valence-corrected chi connectivity index (χ2v) is 9.77. The van der Waals surface area contributed by atoms with Gasteiger partial charge < -0.3 is 9.80 Å². The van der Waals surface area contributed by atoms with Crippen molar-refractivity contribution in [2.24, 2.45) is 5.92 Å². The van der Waals surface area contributed by atoms with E-state index in [1.54, 1.807) is 18.5 Å². The molecule has 1 amide bonds. The van der Waals surface area contributed by atoms with Crippen LogP contribution in [0.4, 0.5) is 5.69 Å². The lowest BCUT2D eigenvalue weighted by Crippen LogP contribution is -2.52. The fourth-order valence-electron chi connectivity index (χ4n) is 4.17. The zero-order valence-electron chi connectivity index (χ0n) is 17.5. The van der Waals surface area contributed by atoms with Gasteiger partial charge in [-0.15, -0.1) is 0 Å². The molecule has 7 nitrogen and oxygen atoms in total. The van der Waals surface area contributed by atoms with E-state index >= 15 is 0 Å². The maximum Gasteiger partial charge on any atom is 0.236 e. The second-order valence-electron chi connectivity index (χ2n) is 7.95. The van der Waals surface area contributed by atoms with Crippen LogP contribution < -0.4 is 4.90 Å². The Morgan fingerprint density at radius 2 is 1.55 bits per heavy atom. The van der Waals surface area contributed by atoms with Crippen LogP contribution in [0, 0.1) is 5.92 Å². The number of piperazine rings is 1. The molecule has 2 fully saturated rings. The number of carbonyl (C=O) groups excluding carboxylic acids is 1. The van der Waals surface area contributed by atoms with E-state index in [1.807, 2.05) is 47.4 Å². The van der Waals surface area contributed by atoms with E-state index in [2.05, 4.69) is 9.88 Å². The van der Waals surface area contributed by atoms with Gasteiger partial charge in [0.25, 0.3) is 0 Å². The van der Waals surface area contributed by atoms with Crippen molar-refractivity contribution in [1.29, 1.82) is 0 Å². The van der Waals surface area contributed by atoms with Gasteiger partial charge in [0, 0.05) is 68.7 Å². The number of nitrogens with zero attached hydrogens (tertiary/aromatic N) is 4. The Balaban J connectivity index is 1.28. The Bertz CT molecular complexity index is 996. The number of aromatic nitrogens is 1. The van der Waals surface area contributed by atoms with Gasteiger partial charge in [0.15, 0.2) is 0 Å². The van der Waals surface area contributed by atoms with Crippen molar-refractivity contribution in [1.82, 2.24) is 14.2 Å². The van der Waals surface area contributed by atoms with Crippen LogP contribution in [0.15, 0.2) is 60.3 Å². The average Bonchev–Trinajstić information content (AvgIpc) is 2.84. The number of pyridine rings is 1. The molecule has 3 heterocycles. The first-order chi connectivity index (χ1) is 15.0. The first-order valence-corrected chi connectivity index (χ1v) is 12.2. The van der Waals surface area contributed by atoms with Crippen LogP contribution >= 0.6 is 0 Å². The highest BCUT2D eigenvalue weighted by atomic mass is 32.2. The predicted octanol–water partition coefficient (Wildman–Crippen LogP) is 2.44. The lowest BCUT2D eigenvalue weighted by Gasteiger charge is -2.39. The number of carbonyl (C=O) groups is 1. The van der Waals surface area contributed by atoms with Crippen LogP contribution in [0.25, 0.3) is 6.08 Å². The molecule has 164 valence electrons. The maximum absolute atomic E-state index is 13.0. The molecule has 1 aromatic heterocycles. The summed E-state index contributed by atoms with van der Waals surface area (Å²) in [6.07, 6.45) is 6.33. The van der Waals surface area contributed by atoms with Crippen molar-refractivity contribution in [3.63, 3.8) is 0 Å². The molecule has 0 bridgehead atoms. The minimum absolute atomic E-state index is 0.1000. The van der Waals surface area contributed by atoms with Crippen LogP contribution in [0.2, 0.25) is 0 Å². The maximum atomic E-state index is 13.0. The molecule has 0 atom stereocenters. The smallest absolute Gasteiger partial charge is 0.236 e. The van der Waals surface area contributed by atoms with Gasteiger partial charge in [-0.05, 0) is 36.6 Å². The molecule has 0 unspecified atom stereocenters. The molecule has 2 aliphatic heterocycles. The summed E-state index contributed by atoms with van der Waals surface area (Å²) in [5.41, 5.74) is 1.98. The van der Waals surface area contributed by atoms with Crippen molar-refractivity contribution < 1.29 is 13.2 Å². The highest BCUT2D eigenvalue weighted by Gasteiger charge is 2.33. The Labute approximate surface area is 184 Å². The zero-order chi connectivity index (χ0) is 21.7. The lowest BCUT2D eigenvalue weighted by molar-refractivity contribution is -0.137. The van der Waals surface area contributed by atoms with E-state index in [0.717, 1.165) is 24.3 Å².